The lowest BCUT2D eigenvalue weighted by Gasteiger charge is -2.26. The number of amides is 1. The fourth-order valence-corrected chi connectivity index (χ4v) is 3.67. The molecule has 1 saturated heterocycles. The van der Waals surface area contributed by atoms with Crippen LogP contribution in [0.1, 0.15) is 35.5 Å². The molecule has 5 nitrogen and oxygen atoms in total. The van der Waals surface area contributed by atoms with Gasteiger partial charge in [0, 0.05) is 23.5 Å². The molecule has 0 saturated carbocycles. The number of halogens is 2. The van der Waals surface area contributed by atoms with E-state index in [2.05, 4.69) is 10.3 Å². The predicted molar refractivity (Wildman–Crippen MR) is 105 cm³/mol. The van der Waals surface area contributed by atoms with Crippen LogP contribution in [0.2, 0.25) is 0 Å². The SMILES string of the molecule is COc1cc(C2CC(=O)NC3=NCC=C32)ccc1OCc1ccccc1C(F)F. The number of carbonyl (C=O) groups is 1. The molecule has 29 heavy (non-hydrogen) atoms. The van der Waals surface area contributed by atoms with E-state index in [9.17, 15) is 13.6 Å². The van der Waals surface area contributed by atoms with E-state index in [1.807, 2.05) is 18.2 Å². The van der Waals surface area contributed by atoms with Crippen molar-refractivity contribution in [2.24, 2.45) is 4.99 Å². The molecule has 1 amide bonds. The number of fused-ring (bicyclic) bond motifs is 1. The van der Waals surface area contributed by atoms with Crippen LogP contribution in [0, 0.1) is 0 Å². The summed E-state index contributed by atoms with van der Waals surface area (Å²) in [6, 6.07) is 11.7. The number of piperidine rings is 1. The molecule has 2 aliphatic rings. The number of hydrogen-bond donors (Lipinski definition) is 1. The maximum Gasteiger partial charge on any atom is 0.264 e. The smallest absolute Gasteiger partial charge is 0.264 e. The van der Waals surface area contributed by atoms with Gasteiger partial charge in [-0.1, -0.05) is 36.4 Å². The zero-order valence-electron chi connectivity index (χ0n) is 15.8. The Hall–Kier alpha value is -3.22. The first-order valence-electron chi connectivity index (χ1n) is 9.28. The van der Waals surface area contributed by atoms with Crippen molar-refractivity contribution in [2.75, 3.05) is 13.7 Å². The number of nitrogens with zero attached hydrogens (tertiary/aromatic N) is 1. The summed E-state index contributed by atoms with van der Waals surface area (Å²) in [5.41, 5.74) is 2.30. The van der Waals surface area contributed by atoms with E-state index >= 15 is 0 Å². The molecule has 150 valence electrons. The van der Waals surface area contributed by atoms with Gasteiger partial charge in [-0.2, -0.15) is 0 Å². The molecular weight excluding hydrogens is 378 g/mol. The third-order valence-electron chi connectivity index (χ3n) is 5.12. The number of hydrogen-bond acceptors (Lipinski definition) is 4. The highest BCUT2D eigenvalue weighted by Crippen LogP contribution is 2.38. The van der Waals surface area contributed by atoms with Crippen molar-refractivity contribution in [3.8, 4) is 11.5 Å². The first-order valence-corrected chi connectivity index (χ1v) is 9.28. The Morgan fingerprint density at radius 3 is 2.83 bits per heavy atom. The molecule has 2 aromatic rings. The fourth-order valence-electron chi connectivity index (χ4n) is 3.67. The summed E-state index contributed by atoms with van der Waals surface area (Å²) < 4.78 is 37.6. The average Bonchev–Trinajstić information content (AvgIpc) is 3.20. The quantitative estimate of drug-likeness (QED) is 0.795. The number of amidine groups is 1. The molecule has 1 unspecified atom stereocenters. The van der Waals surface area contributed by atoms with Crippen LogP contribution in [0.15, 0.2) is 59.1 Å². The van der Waals surface area contributed by atoms with Gasteiger partial charge in [0.25, 0.3) is 6.43 Å². The number of rotatable bonds is 6. The van der Waals surface area contributed by atoms with Gasteiger partial charge >= 0.3 is 0 Å². The molecular formula is C22H20F2N2O3. The molecule has 2 aromatic carbocycles. The van der Waals surface area contributed by atoms with E-state index < -0.39 is 6.43 Å². The molecule has 2 heterocycles. The molecule has 0 bridgehead atoms. The van der Waals surface area contributed by atoms with Crippen molar-refractivity contribution in [2.45, 2.75) is 25.4 Å². The summed E-state index contributed by atoms with van der Waals surface area (Å²) >= 11 is 0. The zero-order valence-corrected chi connectivity index (χ0v) is 15.8. The van der Waals surface area contributed by atoms with Crippen LogP contribution in [-0.2, 0) is 11.4 Å². The molecule has 1 N–H and O–H groups in total. The lowest BCUT2D eigenvalue weighted by molar-refractivity contribution is -0.120. The second kappa shape index (κ2) is 8.03. The Kier molecular flexibility index (Phi) is 5.29. The Morgan fingerprint density at radius 1 is 1.21 bits per heavy atom. The third-order valence-corrected chi connectivity index (χ3v) is 5.12. The molecule has 0 aliphatic carbocycles. The summed E-state index contributed by atoms with van der Waals surface area (Å²) in [7, 11) is 1.52. The minimum absolute atomic E-state index is 0.00398. The van der Waals surface area contributed by atoms with Crippen molar-refractivity contribution in [3.05, 3.63) is 70.8 Å². The number of nitrogens with one attached hydrogen (secondary N) is 1. The van der Waals surface area contributed by atoms with Gasteiger partial charge in [-0.25, -0.2) is 8.78 Å². The maximum atomic E-state index is 13.2. The van der Waals surface area contributed by atoms with Gasteiger partial charge in [0.15, 0.2) is 11.5 Å². The van der Waals surface area contributed by atoms with Gasteiger partial charge in [-0.05, 0) is 23.3 Å². The van der Waals surface area contributed by atoms with Gasteiger partial charge in [-0.3, -0.25) is 9.79 Å². The molecule has 1 atom stereocenters. The van der Waals surface area contributed by atoms with Crippen molar-refractivity contribution < 1.29 is 23.0 Å². The molecule has 1 fully saturated rings. The van der Waals surface area contributed by atoms with E-state index in [1.54, 1.807) is 24.3 Å². The Bertz CT molecular complexity index is 1000. The number of methoxy groups -OCH3 is 1. The number of benzene rings is 2. The summed E-state index contributed by atoms with van der Waals surface area (Å²) in [5.74, 6) is 1.40. The van der Waals surface area contributed by atoms with E-state index in [0.29, 0.717) is 35.9 Å². The molecule has 7 heteroatoms. The number of aliphatic imine (C=N–C) groups is 1. The van der Waals surface area contributed by atoms with Crippen molar-refractivity contribution in [1.82, 2.24) is 5.32 Å². The van der Waals surface area contributed by atoms with Crippen LogP contribution in [0.4, 0.5) is 8.78 Å². The summed E-state index contributed by atoms with van der Waals surface area (Å²) in [5, 5.41) is 2.80. The molecule has 0 radical (unpaired) electrons. The second-order valence-corrected chi connectivity index (χ2v) is 6.85. The van der Waals surface area contributed by atoms with Gasteiger partial charge in [-0.15, -0.1) is 0 Å². The monoisotopic (exact) mass is 398 g/mol. The third kappa shape index (κ3) is 3.85. The average molecular weight is 398 g/mol. The zero-order chi connectivity index (χ0) is 20.4. The van der Waals surface area contributed by atoms with Crippen LogP contribution in [0.25, 0.3) is 0 Å². The van der Waals surface area contributed by atoms with Gasteiger partial charge in [0.05, 0.1) is 13.7 Å². The van der Waals surface area contributed by atoms with E-state index in [0.717, 1.165) is 11.1 Å². The second-order valence-electron chi connectivity index (χ2n) is 6.85. The summed E-state index contributed by atoms with van der Waals surface area (Å²) in [4.78, 5) is 16.3. The normalized spacial score (nSPS) is 18.1. The predicted octanol–water partition coefficient (Wildman–Crippen LogP) is 4.15. The number of ether oxygens (including phenoxy) is 2. The standard InChI is InChI=1S/C22H20F2N2O3/c1-28-19-10-13(17-11-20(27)26-22-16(17)8-9-25-22)6-7-18(19)29-12-14-4-2-3-5-15(14)21(23)24/h2-8,10,17,21H,9,11-12H2,1H3,(H,25,26,27). The van der Waals surface area contributed by atoms with E-state index in [4.69, 9.17) is 9.47 Å². The Morgan fingerprint density at radius 2 is 2.03 bits per heavy atom. The van der Waals surface area contributed by atoms with Gasteiger partial charge in [0.2, 0.25) is 5.91 Å². The lowest BCUT2D eigenvalue weighted by atomic mass is 9.85. The molecule has 0 spiro atoms. The lowest BCUT2D eigenvalue weighted by Crippen LogP contribution is -2.38. The van der Waals surface area contributed by atoms with Crippen LogP contribution in [0.5, 0.6) is 11.5 Å². The Labute approximate surface area is 167 Å². The topological polar surface area (TPSA) is 59.9 Å². The highest BCUT2D eigenvalue weighted by molar-refractivity contribution is 6.12. The summed E-state index contributed by atoms with van der Waals surface area (Å²) in [6.45, 7) is 0.563. The van der Waals surface area contributed by atoms with Gasteiger partial charge in [0.1, 0.15) is 12.4 Å². The van der Waals surface area contributed by atoms with E-state index in [-0.39, 0.29) is 24.0 Å². The van der Waals surface area contributed by atoms with Gasteiger partial charge < -0.3 is 14.8 Å². The first-order chi connectivity index (χ1) is 14.1. The first kappa shape index (κ1) is 19.1. The van der Waals surface area contributed by atoms with Crippen molar-refractivity contribution in [3.63, 3.8) is 0 Å². The number of alkyl halides is 2. The highest BCUT2D eigenvalue weighted by atomic mass is 19.3. The molecule has 0 aromatic heterocycles. The highest BCUT2D eigenvalue weighted by Gasteiger charge is 2.32. The molecule has 2 aliphatic heterocycles. The largest absolute Gasteiger partial charge is 0.493 e. The maximum absolute atomic E-state index is 13.2. The van der Waals surface area contributed by atoms with Crippen molar-refractivity contribution in [1.29, 1.82) is 0 Å². The minimum atomic E-state index is -2.56. The Balaban J connectivity index is 1.56. The van der Waals surface area contributed by atoms with E-state index in [1.165, 1.54) is 13.2 Å². The fraction of sp³-hybridized carbons (Fsp3) is 0.273. The van der Waals surface area contributed by atoms with Crippen LogP contribution < -0.4 is 14.8 Å². The molecule has 4 rings (SSSR count). The summed E-state index contributed by atoms with van der Waals surface area (Å²) in [6.07, 6.45) is -0.222. The van der Waals surface area contributed by atoms with Crippen LogP contribution in [-0.4, -0.2) is 25.4 Å². The minimum Gasteiger partial charge on any atom is -0.493 e. The van der Waals surface area contributed by atoms with Crippen molar-refractivity contribution >= 4 is 11.7 Å². The van der Waals surface area contributed by atoms with Crippen LogP contribution >= 0.6 is 0 Å². The number of carbonyl (C=O) groups excluding carboxylic acids is 1. The van der Waals surface area contributed by atoms with Crippen LogP contribution in [0.3, 0.4) is 0 Å².